The van der Waals surface area contributed by atoms with E-state index in [-0.39, 0.29) is 5.91 Å². The molecule has 130 valence electrons. The molecule has 4 atom stereocenters. The van der Waals surface area contributed by atoms with Gasteiger partial charge in [-0.15, -0.1) is 0 Å². The molecule has 0 saturated carbocycles. The number of amides is 1. The van der Waals surface area contributed by atoms with Crippen LogP contribution < -0.4 is 0 Å². The first-order valence-corrected chi connectivity index (χ1v) is 8.22. The van der Waals surface area contributed by atoms with E-state index in [2.05, 4.69) is 0 Å². The van der Waals surface area contributed by atoms with E-state index in [1.54, 1.807) is 7.05 Å². The molecular weight excluding hydrogens is 318 g/mol. The van der Waals surface area contributed by atoms with Crippen LogP contribution in [0.4, 0.5) is 0 Å². The third-order valence-electron chi connectivity index (χ3n) is 4.67. The van der Waals surface area contributed by atoms with Gasteiger partial charge in [0.1, 0.15) is 6.10 Å². The summed E-state index contributed by atoms with van der Waals surface area (Å²) in [6, 6.07) is 18.1. The first-order valence-electron chi connectivity index (χ1n) is 8.22. The molecule has 1 fully saturated rings. The minimum Gasteiger partial charge on any atom is -0.452 e. The smallest absolute Gasteiger partial charge is 0.303 e. The Morgan fingerprint density at radius 3 is 2.20 bits per heavy atom. The number of esters is 1. The molecule has 3 rings (SSSR count). The van der Waals surface area contributed by atoms with Crippen molar-refractivity contribution in [3.05, 3.63) is 71.8 Å². The lowest BCUT2D eigenvalue weighted by Crippen LogP contribution is -2.36. The lowest BCUT2D eigenvalue weighted by molar-refractivity contribution is -0.154. The van der Waals surface area contributed by atoms with Crippen molar-refractivity contribution in [3.63, 3.8) is 0 Å². The number of rotatable bonds is 4. The van der Waals surface area contributed by atoms with Crippen molar-refractivity contribution < 1.29 is 19.4 Å². The Morgan fingerprint density at radius 2 is 1.64 bits per heavy atom. The summed E-state index contributed by atoms with van der Waals surface area (Å²) in [4.78, 5) is 25.7. The van der Waals surface area contributed by atoms with Crippen molar-refractivity contribution in [3.8, 4) is 0 Å². The maximum absolute atomic E-state index is 12.7. The van der Waals surface area contributed by atoms with E-state index in [1.165, 1.54) is 11.8 Å². The summed E-state index contributed by atoms with van der Waals surface area (Å²) in [5, 5.41) is 11.0. The molecule has 0 unspecified atom stereocenters. The third-order valence-corrected chi connectivity index (χ3v) is 4.67. The number of aliphatic hydroxyl groups excluding tert-OH is 1. The van der Waals surface area contributed by atoms with E-state index >= 15 is 0 Å². The Hall–Kier alpha value is -2.66. The third kappa shape index (κ3) is 3.28. The molecule has 25 heavy (non-hydrogen) atoms. The fraction of sp³-hybridized carbons (Fsp3) is 0.300. The monoisotopic (exact) mass is 339 g/mol. The van der Waals surface area contributed by atoms with Gasteiger partial charge in [-0.05, 0) is 11.1 Å². The lowest BCUT2D eigenvalue weighted by atomic mass is 9.85. The van der Waals surface area contributed by atoms with Gasteiger partial charge in [-0.1, -0.05) is 60.7 Å². The van der Waals surface area contributed by atoms with E-state index in [4.69, 9.17) is 4.74 Å². The number of nitrogens with zero attached hydrogens (tertiary/aromatic N) is 1. The zero-order valence-corrected chi connectivity index (χ0v) is 14.2. The summed E-state index contributed by atoms with van der Waals surface area (Å²) >= 11 is 0. The van der Waals surface area contributed by atoms with Crippen LogP contribution in [0.5, 0.6) is 0 Å². The molecule has 0 aromatic heterocycles. The Kier molecular flexibility index (Phi) is 4.86. The number of hydrogen-bond acceptors (Lipinski definition) is 4. The standard InChI is InChI=1S/C20H21NO4/c1-13(22)25-19-16(14-9-5-3-6-10-14)17(21(2)20(19)24)18(23)15-11-7-4-8-12-15/h3-12,16-19,23H,1-2H3/t16-,17-,18+,19+/m1/s1. The Labute approximate surface area is 146 Å². The predicted octanol–water partition coefficient (Wildman–Crippen LogP) is 2.28. The van der Waals surface area contributed by atoms with Gasteiger partial charge in [0.05, 0.1) is 12.0 Å². The normalized spacial score (nSPS) is 24.2. The van der Waals surface area contributed by atoms with E-state index in [9.17, 15) is 14.7 Å². The van der Waals surface area contributed by atoms with Crippen LogP contribution >= 0.6 is 0 Å². The highest BCUT2D eigenvalue weighted by atomic mass is 16.5. The second-order valence-electron chi connectivity index (χ2n) is 6.26. The molecule has 0 radical (unpaired) electrons. The van der Waals surface area contributed by atoms with Crippen LogP contribution in [0.2, 0.25) is 0 Å². The molecule has 0 bridgehead atoms. The number of likely N-dealkylation sites (N-methyl/N-ethyl adjacent to an activating group) is 1. The average Bonchev–Trinajstić information content (AvgIpc) is 2.87. The second-order valence-corrected chi connectivity index (χ2v) is 6.26. The van der Waals surface area contributed by atoms with Gasteiger partial charge in [0.25, 0.3) is 5.91 Å². The number of ether oxygens (including phenoxy) is 1. The van der Waals surface area contributed by atoms with Crippen LogP contribution in [0.3, 0.4) is 0 Å². The Morgan fingerprint density at radius 1 is 1.08 bits per heavy atom. The van der Waals surface area contributed by atoms with Gasteiger partial charge in [0.15, 0.2) is 6.10 Å². The predicted molar refractivity (Wildman–Crippen MR) is 92.7 cm³/mol. The van der Waals surface area contributed by atoms with Gasteiger partial charge in [0, 0.05) is 14.0 Å². The first-order chi connectivity index (χ1) is 12.0. The van der Waals surface area contributed by atoms with Crippen LogP contribution in [0.15, 0.2) is 60.7 Å². The van der Waals surface area contributed by atoms with Crippen LogP contribution in [0.1, 0.15) is 30.1 Å². The summed E-state index contributed by atoms with van der Waals surface area (Å²) in [6.45, 7) is 1.29. The molecule has 0 aliphatic carbocycles. The van der Waals surface area contributed by atoms with E-state index in [0.29, 0.717) is 0 Å². The Bertz CT molecular complexity index is 747. The van der Waals surface area contributed by atoms with Crippen LogP contribution in [-0.4, -0.2) is 41.1 Å². The molecule has 5 heteroatoms. The molecule has 1 saturated heterocycles. The molecule has 1 heterocycles. The summed E-state index contributed by atoms with van der Waals surface area (Å²) in [5.74, 6) is -1.26. The first kappa shape index (κ1) is 17.2. The molecular formula is C20H21NO4. The van der Waals surface area contributed by atoms with Gasteiger partial charge >= 0.3 is 5.97 Å². The quantitative estimate of drug-likeness (QED) is 0.868. The van der Waals surface area contributed by atoms with Crippen molar-refractivity contribution in [1.82, 2.24) is 4.90 Å². The maximum atomic E-state index is 12.7. The molecule has 1 aliphatic rings. The van der Waals surface area contributed by atoms with Crippen LogP contribution in [-0.2, 0) is 14.3 Å². The fourth-order valence-corrected chi connectivity index (χ4v) is 3.53. The zero-order chi connectivity index (χ0) is 18.0. The average molecular weight is 339 g/mol. The number of carbonyl (C=O) groups excluding carboxylic acids is 2. The summed E-state index contributed by atoms with van der Waals surface area (Å²) in [7, 11) is 1.64. The maximum Gasteiger partial charge on any atom is 0.303 e. The summed E-state index contributed by atoms with van der Waals surface area (Å²) < 4.78 is 5.34. The van der Waals surface area contributed by atoms with Crippen molar-refractivity contribution in [2.45, 2.75) is 31.1 Å². The van der Waals surface area contributed by atoms with Gasteiger partial charge in [-0.2, -0.15) is 0 Å². The molecule has 0 spiro atoms. The number of aliphatic hydroxyl groups is 1. The highest BCUT2D eigenvalue weighted by Gasteiger charge is 2.52. The molecule has 1 N–H and O–H groups in total. The van der Waals surface area contributed by atoms with Gasteiger partial charge < -0.3 is 14.7 Å². The van der Waals surface area contributed by atoms with E-state index in [0.717, 1.165) is 11.1 Å². The second kappa shape index (κ2) is 7.07. The SMILES string of the molecule is CC(=O)O[C@@H]1C(=O)N(C)[C@@H]([C@@H](O)c2ccccc2)[C@H]1c1ccccc1. The number of carbonyl (C=O) groups is 2. The van der Waals surface area contributed by atoms with Crippen molar-refractivity contribution in [2.75, 3.05) is 7.05 Å². The molecule has 2 aromatic rings. The van der Waals surface area contributed by atoms with Gasteiger partial charge in [-0.3, -0.25) is 9.59 Å². The van der Waals surface area contributed by atoms with Crippen LogP contribution in [0.25, 0.3) is 0 Å². The summed E-state index contributed by atoms with van der Waals surface area (Å²) in [6.07, 6.45) is -1.82. The van der Waals surface area contributed by atoms with Gasteiger partial charge in [0.2, 0.25) is 0 Å². The van der Waals surface area contributed by atoms with Gasteiger partial charge in [-0.25, -0.2) is 0 Å². The summed E-state index contributed by atoms with van der Waals surface area (Å²) in [5.41, 5.74) is 1.57. The molecule has 1 amide bonds. The highest BCUT2D eigenvalue weighted by Crippen LogP contribution is 2.41. The number of benzene rings is 2. The molecule has 1 aliphatic heterocycles. The van der Waals surface area contributed by atoms with Crippen molar-refractivity contribution >= 4 is 11.9 Å². The Balaban J connectivity index is 2.04. The number of likely N-dealkylation sites (tertiary alicyclic amines) is 1. The minimum atomic E-state index is -0.937. The number of hydrogen-bond donors (Lipinski definition) is 1. The molecule has 2 aromatic carbocycles. The topological polar surface area (TPSA) is 66.8 Å². The zero-order valence-electron chi connectivity index (χ0n) is 14.2. The van der Waals surface area contributed by atoms with Crippen LogP contribution in [0, 0.1) is 0 Å². The van der Waals surface area contributed by atoms with E-state index in [1.807, 2.05) is 60.7 Å². The molecule has 5 nitrogen and oxygen atoms in total. The highest BCUT2D eigenvalue weighted by molar-refractivity contribution is 5.87. The lowest BCUT2D eigenvalue weighted by Gasteiger charge is -2.30. The van der Waals surface area contributed by atoms with Crippen molar-refractivity contribution in [2.24, 2.45) is 0 Å². The fourth-order valence-electron chi connectivity index (χ4n) is 3.53. The van der Waals surface area contributed by atoms with Crippen molar-refractivity contribution in [1.29, 1.82) is 0 Å². The van der Waals surface area contributed by atoms with E-state index < -0.39 is 30.1 Å². The minimum absolute atomic E-state index is 0.302. The largest absolute Gasteiger partial charge is 0.452 e.